The van der Waals surface area contributed by atoms with Crippen LogP contribution in [0.1, 0.15) is 51.4 Å². The predicted octanol–water partition coefficient (Wildman–Crippen LogP) is 3.59. The molecule has 0 atom stereocenters. The molecule has 0 aliphatic heterocycles. The van der Waals surface area contributed by atoms with Gasteiger partial charge in [-0.1, -0.05) is 20.8 Å². The lowest BCUT2D eigenvalue weighted by Gasteiger charge is -2.34. The van der Waals surface area contributed by atoms with Gasteiger partial charge in [-0.2, -0.15) is 0 Å². The molecule has 0 spiro atoms. The van der Waals surface area contributed by atoms with Crippen molar-refractivity contribution in [3.8, 4) is 0 Å². The van der Waals surface area contributed by atoms with E-state index in [9.17, 15) is 4.79 Å². The Morgan fingerprint density at radius 2 is 1.84 bits per heavy atom. The van der Waals surface area contributed by atoms with Gasteiger partial charge in [0.1, 0.15) is 0 Å². The van der Waals surface area contributed by atoms with E-state index in [1.54, 1.807) is 12.1 Å². The van der Waals surface area contributed by atoms with Crippen LogP contribution < -0.4 is 11.1 Å². The number of hydrogen-bond acceptors (Lipinski definition) is 3. The first kappa shape index (κ1) is 15.3. The summed E-state index contributed by atoms with van der Waals surface area (Å²) in [5, 5.41) is 12.3. The van der Waals surface area contributed by atoms with Gasteiger partial charge in [-0.25, -0.2) is 4.79 Å². The molecule has 0 fully saturated rings. The topological polar surface area (TPSA) is 75.3 Å². The molecule has 0 aliphatic carbocycles. The minimum absolute atomic E-state index is 0.114. The van der Waals surface area contributed by atoms with Crippen LogP contribution in [0.3, 0.4) is 0 Å². The van der Waals surface area contributed by atoms with Crippen LogP contribution in [0.4, 0.5) is 11.4 Å². The van der Waals surface area contributed by atoms with Crippen molar-refractivity contribution in [2.45, 2.75) is 46.6 Å². The maximum atomic E-state index is 10.9. The van der Waals surface area contributed by atoms with E-state index in [0.29, 0.717) is 5.69 Å². The van der Waals surface area contributed by atoms with E-state index in [2.05, 4.69) is 39.9 Å². The number of nitrogens with two attached hydrogens (primary N) is 1. The van der Waals surface area contributed by atoms with Gasteiger partial charge in [-0.05, 0) is 43.9 Å². The van der Waals surface area contributed by atoms with Crippen molar-refractivity contribution in [2.24, 2.45) is 5.41 Å². The normalized spacial score (nSPS) is 12.3. The van der Waals surface area contributed by atoms with Gasteiger partial charge >= 0.3 is 5.97 Å². The van der Waals surface area contributed by atoms with Crippen molar-refractivity contribution in [1.82, 2.24) is 0 Å². The third-order valence-electron chi connectivity index (χ3n) is 2.74. The van der Waals surface area contributed by atoms with E-state index in [1.165, 1.54) is 6.07 Å². The Bertz CT molecular complexity index is 474. The van der Waals surface area contributed by atoms with Crippen molar-refractivity contribution >= 4 is 17.3 Å². The molecule has 0 radical (unpaired) electrons. The summed E-state index contributed by atoms with van der Waals surface area (Å²) >= 11 is 0. The molecule has 0 bridgehead atoms. The van der Waals surface area contributed by atoms with E-state index in [0.717, 1.165) is 12.1 Å². The molecule has 4 heteroatoms. The molecular formula is C15H24N2O2. The van der Waals surface area contributed by atoms with Gasteiger partial charge in [-0.3, -0.25) is 0 Å². The van der Waals surface area contributed by atoms with E-state index >= 15 is 0 Å². The molecule has 0 unspecified atom stereocenters. The second-order valence-corrected chi connectivity index (χ2v) is 6.85. The zero-order chi connectivity index (χ0) is 14.8. The number of rotatable bonds is 4. The third kappa shape index (κ3) is 4.81. The molecule has 0 aromatic heterocycles. The maximum Gasteiger partial charge on any atom is 0.335 e. The lowest BCUT2D eigenvalue weighted by Crippen LogP contribution is -2.35. The molecule has 4 N–H and O–H groups in total. The summed E-state index contributed by atoms with van der Waals surface area (Å²) in [6.07, 6.45) is 0.972. The molecule has 0 amide bonds. The van der Waals surface area contributed by atoms with Crippen LogP contribution >= 0.6 is 0 Å². The van der Waals surface area contributed by atoms with Crippen LogP contribution in [0.15, 0.2) is 18.2 Å². The number of carboxylic acid groups (broad SMARTS) is 1. The van der Waals surface area contributed by atoms with Gasteiger partial charge in [0, 0.05) is 5.54 Å². The fourth-order valence-electron chi connectivity index (χ4n) is 2.54. The van der Waals surface area contributed by atoms with Crippen LogP contribution in [0.2, 0.25) is 0 Å². The monoisotopic (exact) mass is 264 g/mol. The summed E-state index contributed by atoms with van der Waals surface area (Å²) in [5.41, 5.74) is 7.43. The highest BCUT2D eigenvalue weighted by molar-refractivity contribution is 5.90. The average molecular weight is 264 g/mol. The molecule has 19 heavy (non-hydrogen) atoms. The summed E-state index contributed by atoms with van der Waals surface area (Å²) < 4.78 is 0. The number of anilines is 2. The first-order valence-corrected chi connectivity index (χ1v) is 6.41. The van der Waals surface area contributed by atoms with Crippen LogP contribution in [-0.2, 0) is 0 Å². The van der Waals surface area contributed by atoms with Gasteiger partial charge in [0.2, 0.25) is 0 Å². The molecule has 0 heterocycles. The van der Waals surface area contributed by atoms with Crippen LogP contribution in [-0.4, -0.2) is 16.6 Å². The third-order valence-corrected chi connectivity index (χ3v) is 2.74. The summed E-state index contributed by atoms with van der Waals surface area (Å²) in [6.45, 7) is 10.8. The van der Waals surface area contributed by atoms with E-state index < -0.39 is 5.97 Å². The molecular weight excluding hydrogens is 240 g/mol. The molecule has 4 nitrogen and oxygen atoms in total. The van der Waals surface area contributed by atoms with Gasteiger partial charge in [0.15, 0.2) is 0 Å². The first-order chi connectivity index (χ1) is 8.50. The fourth-order valence-corrected chi connectivity index (χ4v) is 2.54. The minimum Gasteiger partial charge on any atom is -0.478 e. The lowest BCUT2D eigenvalue weighted by atomic mass is 9.81. The molecule has 0 saturated heterocycles. The van der Waals surface area contributed by atoms with Gasteiger partial charge in [-0.15, -0.1) is 0 Å². The Balaban J connectivity index is 2.91. The smallest absolute Gasteiger partial charge is 0.335 e. The van der Waals surface area contributed by atoms with E-state index in [4.69, 9.17) is 10.8 Å². The first-order valence-electron chi connectivity index (χ1n) is 6.41. The molecule has 1 aromatic rings. The van der Waals surface area contributed by atoms with Gasteiger partial charge in [0.05, 0.1) is 16.9 Å². The molecule has 0 aliphatic rings. The number of carboxylic acids is 1. The Kier molecular flexibility index (Phi) is 4.13. The standard InChI is InChI=1S/C15H24N2O2/c1-14(2,3)9-15(4,5)17-12-7-6-10(13(18)19)8-11(12)16/h6-8,17H,9,16H2,1-5H3,(H,18,19). The second kappa shape index (κ2) is 5.11. The number of nitrogens with one attached hydrogen (secondary N) is 1. The zero-order valence-corrected chi connectivity index (χ0v) is 12.4. The number of aromatic carboxylic acids is 1. The predicted molar refractivity (Wildman–Crippen MR) is 79.6 cm³/mol. The number of benzene rings is 1. The Labute approximate surface area is 115 Å². The van der Waals surface area contributed by atoms with Crippen molar-refractivity contribution in [3.05, 3.63) is 23.8 Å². The second-order valence-electron chi connectivity index (χ2n) is 6.85. The van der Waals surface area contributed by atoms with E-state index in [-0.39, 0.29) is 16.5 Å². The summed E-state index contributed by atoms with van der Waals surface area (Å²) in [4.78, 5) is 10.9. The highest BCUT2D eigenvalue weighted by Gasteiger charge is 2.25. The number of nitrogen functional groups attached to an aromatic ring is 1. The molecule has 1 rings (SSSR count). The molecule has 0 saturated carbocycles. The summed E-state index contributed by atoms with van der Waals surface area (Å²) in [7, 11) is 0. The Hall–Kier alpha value is -1.71. The zero-order valence-electron chi connectivity index (χ0n) is 12.4. The van der Waals surface area contributed by atoms with Crippen LogP contribution in [0.25, 0.3) is 0 Å². The molecule has 1 aromatic carbocycles. The lowest BCUT2D eigenvalue weighted by molar-refractivity contribution is 0.0697. The SMILES string of the molecule is CC(C)(C)CC(C)(C)Nc1ccc(C(=O)O)cc1N. The van der Waals surface area contributed by atoms with Gasteiger partial charge in [0.25, 0.3) is 0 Å². The van der Waals surface area contributed by atoms with Crippen molar-refractivity contribution < 1.29 is 9.90 Å². The summed E-state index contributed by atoms with van der Waals surface area (Å²) in [6, 6.07) is 4.77. The van der Waals surface area contributed by atoms with Crippen LogP contribution in [0.5, 0.6) is 0 Å². The van der Waals surface area contributed by atoms with Crippen molar-refractivity contribution in [1.29, 1.82) is 0 Å². The summed E-state index contributed by atoms with van der Waals surface area (Å²) in [5.74, 6) is -0.966. The van der Waals surface area contributed by atoms with Crippen molar-refractivity contribution in [2.75, 3.05) is 11.1 Å². The highest BCUT2D eigenvalue weighted by atomic mass is 16.4. The highest BCUT2D eigenvalue weighted by Crippen LogP contribution is 2.31. The van der Waals surface area contributed by atoms with E-state index in [1.807, 2.05) is 0 Å². The Morgan fingerprint density at radius 1 is 1.26 bits per heavy atom. The van der Waals surface area contributed by atoms with Crippen LogP contribution in [0, 0.1) is 5.41 Å². The number of carbonyl (C=O) groups is 1. The van der Waals surface area contributed by atoms with Crippen molar-refractivity contribution in [3.63, 3.8) is 0 Å². The minimum atomic E-state index is -0.966. The number of hydrogen-bond donors (Lipinski definition) is 3. The maximum absolute atomic E-state index is 10.9. The van der Waals surface area contributed by atoms with Gasteiger partial charge < -0.3 is 16.2 Å². The average Bonchev–Trinajstić information content (AvgIpc) is 2.16. The largest absolute Gasteiger partial charge is 0.478 e. The molecule has 106 valence electrons. The fraction of sp³-hybridized carbons (Fsp3) is 0.533. The Morgan fingerprint density at radius 3 is 2.26 bits per heavy atom. The quantitative estimate of drug-likeness (QED) is 0.726.